The van der Waals surface area contributed by atoms with E-state index in [4.69, 9.17) is 4.74 Å². The van der Waals surface area contributed by atoms with Gasteiger partial charge >= 0.3 is 5.97 Å². The second-order valence-electron chi connectivity index (χ2n) is 6.54. The molecule has 6 heteroatoms. The van der Waals surface area contributed by atoms with E-state index in [9.17, 15) is 14.7 Å². The third-order valence-electron chi connectivity index (χ3n) is 4.52. The van der Waals surface area contributed by atoms with Crippen LogP contribution in [0, 0.1) is 5.92 Å². The number of hydrogen-bond donors (Lipinski definition) is 2. The summed E-state index contributed by atoms with van der Waals surface area (Å²) in [6.07, 6.45) is 3.21. The molecule has 0 unspecified atom stereocenters. The molecule has 1 amide bonds. The Morgan fingerprint density at radius 1 is 1.07 bits per heavy atom. The van der Waals surface area contributed by atoms with E-state index in [1.54, 1.807) is 0 Å². The van der Waals surface area contributed by atoms with Crippen LogP contribution in [0.5, 0.6) is 5.75 Å². The number of aromatic nitrogens is 1. The lowest BCUT2D eigenvalue weighted by molar-refractivity contribution is -0.145. The number of nitrogens with zero attached hydrogens (tertiary/aromatic N) is 1. The average Bonchev–Trinajstić information content (AvgIpc) is 3.52. The zero-order chi connectivity index (χ0) is 18.8. The molecule has 1 aliphatic rings. The number of fused-ring (bicyclic) bond motifs is 1. The van der Waals surface area contributed by atoms with Crippen molar-refractivity contribution in [3.05, 3.63) is 60.4 Å². The van der Waals surface area contributed by atoms with E-state index in [1.165, 1.54) is 12.3 Å². The maximum atomic E-state index is 12.1. The molecule has 1 aliphatic carbocycles. The van der Waals surface area contributed by atoms with Gasteiger partial charge in [0.05, 0.1) is 5.92 Å². The maximum absolute atomic E-state index is 12.1. The molecular formula is C21H18N2O4. The maximum Gasteiger partial charge on any atom is 0.310 e. The first kappa shape index (κ1) is 17.0. The first-order chi connectivity index (χ1) is 13.1. The number of ether oxygens (including phenoxy) is 1. The van der Waals surface area contributed by atoms with E-state index in [0.29, 0.717) is 5.56 Å². The fraction of sp³-hybridized carbons (Fsp3) is 0.190. The molecule has 27 heavy (non-hydrogen) atoms. The summed E-state index contributed by atoms with van der Waals surface area (Å²) >= 11 is 0. The smallest absolute Gasteiger partial charge is 0.310 e. The first-order valence-corrected chi connectivity index (χ1v) is 8.75. The summed E-state index contributed by atoms with van der Waals surface area (Å²) in [7, 11) is 0. The fourth-order valence-corrected chi connectivity index (χ4v) is 2.85. The zero-order valence-electron chi connectivity index (χ0n) is 14.5. The Balaban J connectivity index is 1.47. The third kappa shape index (κ3) is 3.74. The summed E-state index contributed by atoms with van der Waals surface area (Å²) in [5.74, 6) is -1.17. The van der Waals surface area contributed by atoms with Gasteiger partial charge in [-0.2, -0.15) is 0 Å². The number of hydrogen-bond acceptors (Lipinski definition) is 5. The topological polar surface area (TPSA) is 88.5 Å². The normalized spacial score (nSPS) is 13.3. The third-order valence-corrected chi connectivity index (χ3v) is 4.52. The summed E-state index contributed by atoms with van der Waals surface area (Å²) in [6.45, 7) is -0.234. The van der Waals surface area contributed by atoms with Crippen LogP contribution in [0.15, 0.2) is 54.7 Å². The molecule has 2 N–H and O–H groups in total. The molecule has 1 aromatic heterocycles. The van der Waals surface area contributed by atoms with Crippen LogP contribution in [-0.4, -0.2) is 28.7 Å². The highest BCUT2D eigenvalue weighted by Gasteiger charge is 2.31. The van der Waals surface area contributed by atoms with Crippen LogP contribution in [0.4, 0.5) is 0 Å². The van der Waals surface area contributed by atoms with Gasteiger partial charge in [-0.05, 0) is 41.3 Å². The lowest BCUT2D eigenvalue weighted by atomic mass is 10.0. The minimum Gasteiger partial charge on any atom is -0.505 e. The predicted octanol–water partition coefficient (Wildman–Crippen LogP) is 3.25. The van der Waals surface area contributed by atoms with Crippen molar-refractivity contribution in [3.8, 4) is 16.9 Å². The molecule has 6 nitrogen and oxygen atoms in total. The van der Waals surface area contributed by atoms with Crippen molar-refractivity contribution >= 4 is 22.6 Å². The van der Waals surface area contributed by atoms with Crippen LogP contribution < -0.4 is 5.32 Å². The number of rotatable bonds is 5. The Kier molecular flexibility index (Phi) is 4.46. The molecule has 0 atom stereocenters. The number of aromatic hydroxyl groups is 1. The molecule has 1 fully saturated rings. The van der Waals surface area contributed by atoms with E-state index in [-0.39, 0.29) is 30.1 Å². The molecule has 3 aromatic rings. The van der Waals surface area contributed by atoms with Crippen LogP contribution in [0.2, 0.25) is 0 Å². The summed E-state index contributed by atoms with van der Waals surface area (Å²) < 4.78 is 4.95. The van der Waals surface area contributed by atoms with E-state index in [1.807, 2.05) is 42.5 Å². The molecule has 1 saturated carbocycles. The Morgan fingerprint density at radius 2 is 1.85 bits per heavy atom. The molecule has 4 rings (SSSR count). The monoisotopic (exact) mass is 362 g/mol. The number of carbonyl (C=O) groups excluding carboxylic acids is 2. The van der Waals surface area contributed by atoms with Crippen LogP contribution in [0.25, 0.3) is 21.9 Å². The van der Waals surface area contributed by atoms with E-state index in [2.05, 4.69) is 10.3 Å². The van der Waals surface area contributed by atoms with Crippen molar-refractivity contribution < 1.29 is 19.4 Å². The van der Waals surface area contributed by atoms with Crippen molar-refractivity contribution in [2.45, 2.75) is 12.8 Å². The lowest BCUT2D eigenvalue weighted by Crippen LogP contribution is -2.28. The molecule has 136 valence electrons. The molecule has 0 radical (unpaired) electrons. The van der Waals surface area contributed by atoms with Crippen LogP contribution >= 0.6 is 0 Å². The van der Waals surface area contributed by atoms with Crippen molar-refractivity contribution in [3.63, 3.8) is 0 Å². The van der Waals surface area contributed by atoms with E-state index in [0.717, 1.165) is 29.2 Å². The SMILES string of the molecule is O=C(NCOC(=O)C1CC1)c1ncc(-c2ccc3ccccc3c2)cc1O. The van der Waals surface area contributed by atoms with Gasteiger partial charge < -0.3 is 15.2 Å². The number of amides is 1. The first-order valence-electron chi connectivity index (χ1n) is 8.75. The standard InChI is InChI=1S/C21H18N2O4/c24-18-10-17(16-8-5-13-3-1-2-4-15(13)9-16)11-22-19(18)20(25)23-12-27-21(26)14-6-7-14/h1-5,8-11,14,24H,6-7,12H2,(H,23,25). The van der Waals surface area contributed by atoms with Gasteiger partial charge in [0.2, 0.25) is 0 Å². The summed E-state index contributed by atoms with van der Waals surface area (Å²) in [5, 5.41) is 14.8. The Bertz CT molecular complexity index is 1030. The highest BCUT2D eigenvalue weighted by atomic mass is 16.5. The second-order valence-corrected chi connectivity index (χ2v) is 6.54. The molecule has 2 aromatic carbocycles. The van der Waals surface area contributed by atoms with Crippen molar-refractivity contribution in [2.75, 3.05) is 6.73 Å². The van der Waals surface area contributed by atoms with Crippen molar-refractivity contribution in [2.24, 2.45) is 5.92 Å². The summed E-state index contributed by atoms with van der Waals surface area (Å²) in [4.78, 5) is 27.7. The van der Waals surface area contributed by atoms with E-state index < -0.39 is 5.91 Å². The molecule has 0 spiro atoms. The lowest BCUT2D eigenvalue weighted by Gasteiger charge is -2.09. The number of pyridine rings is 1. The van der Waals surface area contributed by atoms with Gasteiger partial charge in [-0.15, -0.1) is 0 Å². The number of esters is 1. The molecule has 1 heterocycles. The average molecular weight is 362 g/mol. The second kappa shape index (κ2) is 7.07. The van der Waals surface area contributed by atoms with Crippen LogP contribution in [0.1, 0.15) is 23.3 Å². The number of benzene rings is 2. The highest BCUT2D eigenvalue weighted by molar-refractivity contribution is 5.95. The molecular weight excluding hydrogens is 344 g/mol. The van der Waals surface area contributed by atoms with Crippen LogP contribution in [-0.2, 0) is 9.53 Å². The minimum atomic E-state index is -0.596. The molecule has 0 bridgehead atoms. The molecule has 0 saturated heterocycles. The van der Waals surface area contributed by atoms with Crippen molar-refractivity contribution in [1.29, 1.82) is 0 Å². The summed E-state index contributed by atoms with van der Waals surface area (Å²) in [5.41, 5.74) is 1.48. The van der Waals surface area contributed by atoms with Gasteiger partial charge in [0, 0.05) is 11.8 Å². The fourth-order valence-electron chi connectivity index (χ4n) is 2.85. The minimum absolute atomic E-state index is 0.0327. The highest BCUT2D eigenvalue weighted by Crippen LogP contribution is 2.30. The zero-order valence-corrected chi connectivity index (χ0v) is 14.5. The molecule has 0 aliphatic heterocycles. The van der Waals surface area contributed by atoms with Gasteiger partial charge in [0.15, 0.2) is 12.4 Å². The number of carbonyl (C=O) groups is 2. The van der Waals surface area contributed by atoms with Gasteiger partial charge in [0.1, 0.15) is 5.75 Å². The van der Waals surface area contributed by atoms with Gasteiger partial charge in [-0.3, -0.25) is 9.59 Å². The Hall–Kier alpha value is -3.41. The van der Waals surface area contributed by atoms with Crippen molar-refractivity contribution in [1.82, 2.24) is 10.3 Å². The Morgan fingerprint density at radius 3 is 2.59 bits per heavy atom. The largest absolute Gasteiger partial charge is 0.505 e. The Labute approximate surface area is 155 Å². The van der Waals surface area contributed by atoms with Gasteiger partial charge in [-0.25, -0.2) is 4.98 Å². The van der Waals surface area contributed by atoms with Gasteiger partial charge in [0.25, 0.3) is 5.91 Å². The van der Waals surface area contributed by atoms with Gasteiger partial charge in [-0.1, -0.05) is 36.4 Å². The van der Waals surface area contributed by atoms with Crippen LogP contribution in [0.3, 0.4) is 0 Å². The van der Waals surface area contributed by atoms with E-state index >= 15 is 0 Å². The summed E-state index contributed by atoms with van der Waals surface area (Å²) in [6, 6.07) is 15.4. The predicted molar refractivity (Wildman–Crippen MR) is 100.0 cm³/mol. The number of nitrogens with one attached hydrogen (secondary N) is 1. The quantitative estimate of drug-likeness (QED) is 0.537.